The number of aliphatic carboxylic acids is 1. The van der Waals surface area contributed by atoms with Crippen LogP contribution in [0.2, 0.25) is 0 Å². The molecule has 4 aromatic rings. The van der Waals surface area contributed by atoms with Crippen molar-refractivity contribution < 1.29 is 24.3 Å². The molecule has 0 saturated carbocycles. The van der Waals surface area contributed by atoms with Gasteiger partial charge in [-0.25, -0.2) is 4.79 Å². The molecule has 44 heavy (non-hydrogen) atoms. The summed E-state index contributed by atoms with van der Waals surface area (Å²) in [7, 11) is 0. The molecule has 4 atom stereocenters. The van der Waals surface area contributed by atoms with E-state index in [2.05, 4.69) is 15.6 Å². The first-order chi connectivity index (χ1) is 21.3. The Labute approximate surface area is 255 Å². The van der Waals surface area contributed by atoms with Gasteiger partial charge in [0.25, 0.3) is 0 Å². The van der Waals surface area contributed by atoms with Crippen molar-refractivity contribution in [3.8, 4) is 0 Å². The van der Waals surface area contributed by atoms with E-state index in [0.717, 1.165) is 27.6 Å². The number of likely N-dealkylation sites (tertiary alicyclic amines) is 1. The Morgan fingerprint density at radius 3 is 2.16 bits per heavy atom. The van der Waals surface area contributed by atoms with Gasteiger partial charge in [-0.15, -0.1) is 0 Å². The van der Waals surface area contributed by atoms with E-state index in [4.69, 9.17) is 5.73 Å². The van der Waals surface area contributed by atoms with Gasteiger partial charge in [0.2, 0.25) is 17.7 Å². The summed E-state index contributed by atoms with van der Waals surface area (Å²) in [6, 6.07) is 22.3. The van der Waals surface area contributed by atoms with Gasteiger partial charge in [-0.1, -0.05) is 78.9 Å². The van der Waals surface area contributed by atoms with Crippen LogP contribution in [0.3, 0.4) is 0 Å². The van der Waals surface area contributed by atoms with E-state index in [1.807, 2.05) is 84.9 Å². The lowest BCUT2D eigenvalue weighted by molar-refractivity contribution is -0.143. The summed E-state index contributed by atoms with van der Waals surface area (Å²) >= 11 is 0. The lowest BCUT2D eigenvalue weighted by atomic mass is 10.0. The molecule has 3 aromatic carbocycles. The largest absolute Gasteiger partial charge is 0.480 e. The second-order valence-corrected chi connectivity index (χ2v) is 11.2. The minimum Gasteiger partial charge on any atom is -0.480 e. The molecule has 0 bridgehead atoms. The molecule has 10 heteroatoms. The van der Waals surface area contributed by atoms with E-state index in [-0.39, 0.29) is 18.7 Å². The van der Waals surface area contributed by atoms with E-state index in [0.29, 0.717) is 25.8 Å². The Kier molecular flexibility index (Phi) is 9.71. The van der Waals surface area contributed by atoms with Crippen LogP contribution < -0.4 is 16.4 Å². The fourth-order valence-corrected chi connectivity index (χ4v) is 5.79. The molecule has 5 rings (SSSR count). The SMILES string of the molecule is NC(Cc1ccccc1)C(=O)N1CCCC1C(=O)NC(Cc1ccccc1)C(=O)NC(Cc1c[nH]c2ccccc12)C(=O)O. The first-order valence-electron chi connectivity index (χ1n) is 14.8. The van der Waals surface area contributed by atoms with Crippen LogP contribution in [0.15, 0.2) is 91.1 Å². The number of rotatable bonds is 12. The van der Waals surface area contributed by atoms with E-state index >= 15 is 0 Å². The quantitative estimate of drug-likeness (QED) is 0.169. The Bertz CT molecular complexity index is 1610. The molecule has 1 fully saturated rings. The Morgan fingerprint density at radius 1 is 0.841 bits per heavy atom. The average Bonchev–Trinajstić information content (AvgIpc) is 3.69. The van der Waals surface area contributed by atoms with Gasteiger partial charge in [-0.05, 0) is 42.0 Å². The Balaban J connectivity index is 1.30. The van der Waals surface area contributed by atoms with Gasteiger partial charge in [0.05, 0.1) is 6.04 Å². The summed E-state index contributed by atoms with van der Waals surface area (Å²) < 4.78 is 0. The molecule has 1 aliphatic heterocycles. The van der Waals surface area contributed by atoms with Crippen LogP contribution in [0.4, 0.5) is 0 Å². The molecule has 2 heterocycles. The third-order valence-corrected chi connectivity index (χ3v) is 8.08. The number of benzene rings is 3. The summed E-state index contributed by atoms with van der Waals surface area (Å²) in [6.45, 7) is 0.390. The van der Waals surface area contributed by atoms with Crippen LogP contribution in [0.5, 0.6) is 0 Å². The first kappa shape index (κ1) is 30.5. The van der Waals surface area contributed by atoms with Gasteiger partial charge < -0.3 is 31.4 Å². The third-order valence-electron chi connectivity index (χ3n) is 8.08. The highest BCUT2D eigenvalue weighted by Gasteiger charge is 2.38. The highest BCUT2D eigenvalue weighted by atomic mass is 16.4. The van der Waals surface area contributed by atoms with Gasteiger partial charge in [-0.3, -0.25) is 14.4 Å². The van der Waals surface area contributed by atoms with Crippen molar-refractivity contribution in [1.29, 1.82) is 0 Å². The van der Waals surface area contributed by atoms with Gasteiger partial charge in [0.15, 0.2) is 0 Å². The second kappa shape index (κ2) is 14.0. The molecule has 1 aliphatic rings. The Hall–Kier alpha value is -4.96. The normalized spacial score (nSPS) is 16.7. The molecular formula is C34H37N5O5. The van der Waals surface area contributed by atoms with Crippen LogP contribution in [0, 0.1) is 0 Å². The van der Waals surface area contributed by atoms with Crippen LogP contribution in [0.25, 0.3) is 10.9 Å². The number of para-hydroxylation sites is 1. The smallest absolute Gasteiger partial charge is 0.326 e. The van der Waals surface area contributed by atoms with Crippen LogP contribution in [-0.2, 0) is 38.4 Å². The highest BCUT2D eigenvalue weighted by molar-refractivity contribution is 5.95. The van der Waals surface area contributed by atoms with E-state index in [1.54, 1.807) is 6.20 Å². The summed E-state index contributed by atoms with van der Waals surface area (Å²) in [6.07, 6.45) is 3.35. The maximum absolute atomic E-state index is 13.6. The topological polar surface area (TPSA) is 158 Å². The van der Waals surface area contributed by atoms with Gasteiger partial charge >= 0.3 is 5.97 Å². The number of nitrogens with two attached hydrogens (primary N) is 1. The molecule has 0 radical (unpaired) electrons. The number of carbonyl (C=O) groups excluding carboxylic acids is 3. The minimum atomic E-state index is -1.22. The monoisotopic (exact) mass is 595 g/mol. The molecule has 0 aliphatic carbocycles. The molecule has 10 nitrogen and oxygen atoms in total. The van der Waals surface area contributed by atoms with Crippen molar-refractivity contribution >= 4 is 34.6 Å². The fourth-order valence-electron chi connectivity index (χ4n) is 5.79. The lowest BCUT2D eigenvalue weighted by Gasteiger charge is -2.29. The predicted molar refractivity (Wildman–Crippen MR) is 167 cm³/mol. The van der Waals surface area contributed by atoms with E-state index in [1.165, 1.54) is 4.90 Å². The molecular weight excluding hydrogens is 558 g/mol. The standard InChI is InChI=1S/C34H37N5O5/c35-26(18-22-10-3-1-4-11-22)33(42)39-17-9-16-30(39)32(41)37-28(19-23-12-5-2-6-13-23)31(40)38-29(34(43)44)20-24-21-36-27-15-8-7-14-25(24)27/h1-8,10-15,21,26,28-30,36H,9,16-20,35H2,(H,37,41)(H,38,40)(H,43,44). The number of amides is 3. The van der Waals surface area contributed by atoms with Crippen LogP contribution in [-0.4, -0.2) is 69.4 Å². The summed E-state index contributed by atoms with van der Waals surface area (Å²) in [5.41, 5.74) is 9.61. The van der Waals surface area contributed by atoms with Crippen molar-refractivity contribution in [3.05, 3.63) is 108 Å². The zero-order valence-corrected chi connectivity index (χ0v) is 24.3. The van der Waals surface area contributed by atoms with Gasteiger partial charge in [-0.2, -0.15) is 0 Å². The number of fused-ring (bicyclic) bond motifs is 1. The fraction of sp³-hybridized carbons (Fsp3) is 0.294. The highest BCUT2D eigenvalue weighted by Crippen LogP contribution is 2.21. The maximum atomic E-state index is 13.6. The van der Waals surface area contributed by atoms with E-state index < -0.39 is 42.0 Å². The molecule has 228 valence electrons. The number of carboxylic acid groups (broad SMARTS) is 1. The number of carboxylic acids is 1. The zero-order valence-electron chi connectivity index (χ0n) is 24.3. The van der Waals surface area contributed by atoms with Crippen LogP contribution >= 0.6 is 0 Å². The molecule has 3 amide bonds. The predicted octanol–water partition coefficient (Wildman–Crippen LogP) is 2.57. The third kappa shape index (κ3) is 7.33. The van der Waals surface area contributed by atoms with Crippen molar-refractivity contribution in [2.45, 2.75) is 56.3 Å². The van der Waals surface area contributed by atoms with E-state index in [9.17, 15) is 24.3 Å². The summed E-state index contributed by atoms with van der Waals surface area (Å²) in [5, 5.41) is 16.4. The van der Waals surface area contributed by atoms with Crippen molar-refractivity contribution in [2.75, 3.05) is 6.54 Å². The summed E-state index contributed by atoms with van der Waals surface area (Å²) in [4.78, 5) is 57.5. The zero-order chi connectivity index (χ0) is 31.1. The molecule has 1 aromatic heterocycles. The van der Waals surface area contributed by atoms with Gasteiger partial charge in [0, 0.05) is 36.5 Å². The number of nitrogens with one attached hydrogen (secondary N) is 3. The number of H-pyrrole nitrogens is 1. The summed E-state index contributed by atoms with van der Waals surface area (Å²) in [5.74, 6) is -2.60. The molecule has 0 spiro atoms. The maximum Gasteiger partial charge on any atom is 0.326 e. The van der Waals surface area contributed by atoms with Crippen molar-refractivity contribution in [2.24, 2.45) is 5.73 Å². The van der Waals surface area contributed by atoms with Crippen molar-refractivity contribution in [1.82, 2.24) is 20.5 Å². The van der Waals surface area contributed by atoms with Gasteiger partial charge in [0.1, 0.15) is 18.1 Å². The first-order valence-corrected chi connectivity index (χ1v) is 14.8. The molecule has 4 unspecified atom stereocenters. The van der Waals surface area contributed by atoms with Crippen LogP contribution in [0.1, 0.15) is 29.5 Å². The number of hydrogen-bond donors (Lipinski definition) is 5. The van der Waals surface area contributed by atoms with Crippen molar-refractivity contribution in [3.63, 3.8) is 0 Å². The molecule has 6 N–H and O–H groups in total. The minimum absolute atomic E-state index is 0.0568. The number of aromatic amines is 1. The second-order valence-electron chi connectivity index (χ2n) is 11.2. The number of nitrogens with zero attached hydrogens (tertiary/aromatic N) is 1. The lowest BCUT2D eigenvalue weighted by Crippen LogP contribution is -2.57. The number of aromatic nitrogens is 1. The molecule has 1 saturated heterocycles. The number of hydrogen-bond acceptors (Lipinski definition) is 5. The number of carbonyl (C=O) groups is 4. The average molecular weight is 596 g/mol. The Morgan fingerprint density at radius 2 is 1.48 bits per heavy atom.